The van der Waals surface area contributed by atoms with Crippen LogP contribution in [0.15, 0.2) is 36.4 Å². The summed E-state index contributed by atoms with van der Waals surface area (Å²) in [4.78, 5) is 0. The van der Waals surface area contributed by atoms with Crippen molar-refractivity contribution in [1.82, 2.24) is 0 Å². The monoisotopic (exact) mass is 276 g/mol. The molecular formula is C16H14Cl2. The Morgan fingerprint density at radius 3 is 1.44 bits per heavy atom. The van der Waals surface area contributed by atoms with Crippen LogP contribution < -0.4 is 0 Å². The fourth-order valence-electron chi connectivity index (χ4n) is 2.46. The lowest BCUT2D eigenvalue weighted by molar-refractivity contribution is 0.922. The minimum absolute atomic E-state index is 0.888. The first-order valence-electron chi connectivity index (χ1n) is 6.27. The molecule has 0 heterocycles. The lowest BCUT2D eigenvalue weighted by Gasteiger charge is -2.12. The van der Waals surface area contributed by atoms with E-state index in [-0.39, 0.29) is 0 Å². The third-order valence-electron chi connectivity index (χ3n) is 3.60. The van der Waals surface area contributed by atoms with Crippen LogP contribution in [0.5, 0.6) is 0 Å². The van der Waals surface area contributed by atoms with Crippen LogP contribution in [0.4, 0.5) is 0 Å². The normalized spacial score (nSPS) is 14.3. The van der Waals surface area contributed by atoms with Gasteiger partial charge in [0.1, 0.15) is 0 Å². The van der Waals surface area contributed by atoms with Gasteiger partial charge >= 0.3 is 0 Å². The Kier molecular flexibility index (Phi) is 3.32. The fourth-order valence-corrected chi connectivity index (χ4v) is 3.05. The number of hydrogen-bond donors (Lipinski definition) is 0. The molecule has 0 fully saturated rings. The van der Waals surface area contributed by atoms with Crippen LogP contribution in [0, 0.1) is 0 Å². The summed E-state index contributed by atoms with van der Waals surface area (Å²) in [6.07, 6.45) is 3.90. The van der Waals surface area contributed by atoms with Gasteiger partial charge in [0.05, 0.1) is 0 Å². The predicted octanol–water partition coefficient (Wildman–Crippen LogP) is 4.88. The molecule has 0 saturated heterocycles. The molecule has 2 heteroatoms. The predicted molar refractivity (Wildman–Crippen MR) is 77.7 cm³/mol. The van der Waals surface area contributed by atoms with Crippen LogP contribution in [0.1, 0.15) is 22.3 Å². The van der Waals surface area contributed by atoms with E-state index in [9.17, 15) is 0 Å². The smallest absolute Gasteiger partial charge is 0.0440 e. The first-order chi connectivity index (χ1) is 8.72. The van der Waals surface area contributed by atoms with Crippen molar-refractivity contribution in [3.8, 4) is 0 Å². The van der Waals surface area contributed by atoms with Gasteiger partial charge in [0.25, 0.3) is 0 Å². The Morgan fingerprint density at radius 2 is 1.06 bits per heavy atom. The van der Waals surface area contributed by atoms with Gasteiger partial charge < -0.3 is 0 Å². The van der Waals surface area contributed by atoms with Crippen molar-refractivity contribution in [2.24, 2.45) is 0 Å². The van der Waals surface area contributed by atoms with E-state index in [0.717, 1.165) is 35.7 Å². The van der Waals surface area contributed by atoms with Crippen LogP contribution in [0.25, 0.3) is 0 Å². The van der Waals surface area contributed by atoms with E-state index < -0.39 is 0 Å². The molecule has 0 saturated carbocycles. The van der Waals surface area contributed by atoms with Crippen LogP contribution >= 0.6 is 23.2 Å². The van der Waals surface area contributed by atoms with E-state index >= 15 is 0 Å². The van der Waals surface area contributed by atoms with Crippen molar-refractivity contribution < 1.29 is 0 Å². The summed E-state index contributed by atoms with van der Waals surface area (Å²) in [6.45, 7) is 0. The lowest BCUT2D eigenvalue weighted by Crippen LogP contribution is -1.99. The maximum atomic E-state index is 6.32. The Labute approximate surface area is 118 Å². The van der Waals surface area contributed by atoms with Gasteiger partial charge in [-0.2, -0.15) is 0 Å². The molecule has 0 N–H and O–H groups in total. The maximum Gasteiger partial charge on any atom is 0.0440 e. The standard InChI is InChI=1S/C16H14Cl2/c17-15-9-11-1-2-12-4-6-14(16(18)10-12)8-7-13(15)5-3-11/h3-6,9-10H,1-2,7-8H2. The summed E-state index contributed by atoms with van der Waals surface area (Å²) in [5.41, 5.74) is 5.01. The lowest BCUT2D eigenvalue weighted by atomic mass is 9.97. The molecule has 0 atom stereocenters. The average Bonchev–Trinajstić information content (AvgIpc) is 2.34. The second-order valence-corrected chi connectivity index (χ2v) is 5.67. The molecule has 0 amide bonds. The highest BCUT2D eigenvalue weighted by molar-refractivity contribution is 6.31. The van der Waals surface area contributed by atoms with Gasteiger partial charge in [0.2, 0.25) is 0 Å². The molecule has 4 bridgehead atoms. The Hall–Kier alpha value is -0.980. The van der Waals surface area contributed by atoms with E-state index in [4.69, 9.17) is 23.2 Å². The SMILES string of the molecule is Clc1cc2ccc1CCc1ccc(cc1Cl)CC2. The van der Waals surface area contributed by atoms with Gasteiger partial charge in [-0.25, -0.2) is 0 Å². The first-order valence-corrected chi connectivity index (χ1v) is 7.02. The maximum absolute atomic E-state index is 6.32. The second-order valence-electron chi connectivity index (χ2n) is 4.85. The van der Waals surface area contributed by atoms with Gasteiger partial charge in [-0.3, -0.25) is 0 Å². The molecule has 92 valence electrons. The molecule has 4 aliphatic carbocycles. The molecule has 4 aliphatic rings. The van der Waals surface area contributed by atoms with Crippen molar-refractivity contribution in [3.05, 3.63) is 68.7 Å². The molecule has 0 nitrogen and oxygen atoms in total. The minimum atomic E-state index is 0.888. The molecule has 0 aromatic heterocycles. The molecule has 0 unspecified atom stereocenters. The van der Waals surface area contributed by atoms with Crippen molar-refractivity contribution in [3.63, 3.8) is 0 Å². The zero-order valence-electron chi connectivity index (χ0n) is 10.0. The molecule has 2 aromatic rings. The molecular weight excluding hydrogens is 263 g/mol. The Morgan fingerprint density at radius 1 is 0.611 bits per heavy atom. The zero-order chi connectivity index (χ0) is 12.5. The Bertz CT molecular complexity index is 534. The highest BCUT2D eigenvalue weighted by Gasteiger charge is 2.08. The van der Waals surface area contributed by atoms with Gasteiger partial charge in [0, 0.05) is 10.0 Å². The quantitative estimate of drug-likeness (QED) is 0.644. The molecule has 6 rings (SSSR count). The topological polar surface area (TPSA) is 0 Å². The molecule has 0 aliphatic heterocycles. The molecule has 0 radical (unpaired) electrons. The number of rotatable bonds is 0. The summed E-state index contributed by atoms with van der Waals surface area (Å²) >= 11 is 12.6. The molecule has 0 spiro atoms. The molecule has 2 aromatic carbocycles. The number of benzene rings is 2. The summed E-state index contributed by atoms with van der Waals surface area (Å²) in [5, 5.41) is 1.78. The van der Waals surface area contributed by atoms with E-state index in [0.29, 0.717) is 0 Å². The van der Waals surface area contributed by atoms with Crippen LogP contribution in [-0.2, 0) is 25.7 Å². The second kappa shape index (κ2) is 4.95. The van der Waals surface area contributed by atoms with E-state index in [2.05, 4.69) is 36.4 Å². The van der Waals surface area contributed by atoms with Crippen molar-refractivity contribution in [2.45, 2.75) is 25.7 Å². The van der Waals surface area contributed by atoms with Crippen molar-refractivity contribution >= 4 is 23.2 Å². The van der Waals surface area contributed by atoms with Crippen LogP contribution in [-0.4, -0.2) is 0 Å². The summed E-state index contributed by atoms with van der Waals surface area (Å²) in [7, 11) is 0. The third kappa shape index (κ3) is 2.41. The van der Waals surface area contributed by atoms with Gasteiger partial charge in [-0.05, 0) is 60.1 Å². The number of hydrogen-bond acceptors (Lipinski definition) is 0. The number of aryl methyl sites for hydroxylation is 4. The van der Waals surface area contributed by atoms with E-state index in [1.807, 2.05) is 0 Å². The highest BCUT2D eigenvalue weighted by Crippen LogP contribution is 2.25. The average molecular weight is 277 g/mol. The van der Waals surface area contributed by atoms with Crippen LogP contribution in [0.3, 0.4) is 0 Å². The summed E-state index contributed by atoms with van der Waals surface area (Å²) < 4.78 is 0. The van der Waals surface area contributed by atoms with Gasteiger partial charge in [0.15, 0.2) is 0 Å². The number of halogens is 2. The highest BCUT2D eigenvalue weighted by atomic mass is 35.5. The zero-order valence-corrected chi connectivity index (χ0v) is 11.6. The largest absolute Gasteiger partial charge is 0.0840 e. The van der Waals surface area contributed by atoms with Gasteiger partial charge in [-0.1, -0.05) is 47.5 Å². The first kappa shape index (κ1) is 12.1. The Balaban J connectivity index is 2.04. The fraction of sp³-hybridized carbons (Fsp3) is 0.250. The third-order valence-corrected chi connectivity index (χ3v) is 4.30. The van der Waals surface area contributed by atoms with Crippen LogP contribution in [0.2, 0.25) is 10.0 Å². The summed E-state index contributed by atoms with van der Waals surface area (Å²) in [6, 6.07) is 12.9. The minimum Gasteiger partial charge on any atom is -0.0840 e. The van der Waals surface area contributed by atoms with Crippen molar-refractivity contribution in [2.75, 3.05) is 0 Å². The summed E-state index contributed by atoms with van der Waals surface area (Å²) in [5.74, 6) is 0. The van der Waals surface area contributed by atoms with E-state index in [1.165, 1.54) is 22.3 Å². The molecule has 18 heavy (non-hydrogen) atoms. The van der Waals surface area contributed by atoms with Crippen molar-refractivity contribution in [1.29, 1.82) is 0 Å². The van der Waals surface area contributed by atoms with Gasteiger partial charge in [-0.15, -0.1) is 0 Å². The van der Waals surface area contributed by atoms with E-state index in [1.54, 1.807) is 0 Å².